The highest BCUT2D eigenvalue weighted by atomic mass is 32.2. The standard InChI is InChI=1S/C37H37N5O4S/c1-26-4-12-31(13-5-26)47(44,45)42-17-16-32-33(25-40(3)37(43)36(32)42)28-8-14-35-29(24-28)9-15-34(38-35)27-6-10-30(11-7-27)46-23-22-41-20-18-39(2)19-21-41/h4-17,24-25H,18-23H2,1-3H3. The van der Waals surface area contributed by atoms with Gasteiger partial charge in [0.1, 0.15) is 17.9 Å². The molecule has 0 unspecified atom stereocenters. The summed E-state index contributed by atoms with van der Waals surface area (Å²) in [5, 5.41) is 1.50. The first-order valence-corrected chi connectivity index (χ1v) is 17.2. The van der Waals surface area contributed by atoms with E-state index in [0.717, 1.165) is 81.3 Å². The van der Waals surface area contributed by atoms with Gasteiger partial charge in [-0.05, 0) is 80.2 Å². The van der Waals surface area contributed by atoms with Crippen LogP contribution in [0.3, 0.4) is 0 Å². The van der Waals surface area contributed by atoms with Crippen molar-refractivity contribution < 1.29 is 13.2 Å². The van der Waals surface area contributed by atoms with Crippen LogP contribution in [0.4, 0.5) is 0 Å². The van der Waals surface area contributed by atoms with Gasteiger partial charge < -0.3 is 14.2 Å². The van der Waals surface area contributed by atoms with Crippen molar-refractivity contribution in [1.82, 2.24) is 23.3 Å². The molecule has 3 aromatic heterocycles. The predicted octanol–water partition coefficient (Wildman–Crippen LogP) is 5.39. The fourth-order valence-corrected chi connectivity index (χ4v) is 7.47. The molecular weight excluding hydrogens is 611 g/mol. The molecule has 0 atom stereocenters. The fourth-order valence-electron chi connectivity index (χ4n) is 6.12. The van der Waals surface area contributed by atoms with Crippen LogP contribution in [0.1, 0.15) is 5.56 Å². The Labute approximate surface area is 274 Å². The SMILES string of the molecule is Cc1ccc(S(=O)(=O)n2ccc3c(-c4ccc5nc(-c6ccc(OCCN7CCN(C)CC7)cc6)ccc5c4)cn(C)c(=O)c32)cc1. The van der Waals surface area contributed by atoms with Crippen molar-refractivity contribution >= 4 is 31.8 Å². The third-order valence-corrected chi connectivity index (χ3v) is 10.7. The van der Waals surface area contributed by atoms with Crippen molar-refractivity contribution in [2.24, 2.45) is 7.05 Å². The number of pyridine rings is 2. The van der Waals surface area contributed by atoms with E-state index in [0.29, 0.717) is 12.0 Å². The fraction of sp³-hybridized carbons (Fsp3) is 0.243. The molecule has 240 valence electrons. The highest BCUT2D eigenvalue weighted by molar-refractivity contribution is 7.90. The molecule has 0 saturated carbocycles. The zero-order valence-corrected chi connectivity index (χ0v) is 27.6. The number of ether oxygens (including phenoxy) is 1. The van der Waals surface area contributed by atoms with Gasteiger partial charge in [0, 0.05) is 74.1 Å². The Balaban J connectivity index is 1.13. The summed E-state index contributed by atoms with van der Waals surface area (Å²) in [7, 11) is -0.175. The number of aromatic nitrogens is 3. The highest BCUT2D eigenvalue weighted by Gasteiger charge is 2.23. The number of hydrogen-bond donors (Lipinski definition) is 0. The second-order valence-corrected chi connectivity index (χ2v) is 14.1. The molecular formula is C37H37N5O4S. The first-order chi connectivity index (χ1) is 22.7. The molecule has 4 heterocycles. The molecule has 7 rings (SSSR count). The van der Waals surface area contributed by atoms with E-state index in [2.05, 4.69) is 16.8 Å². The molecule has 3 aromatic carbocycles. The average molecular weight is 648 g/mol. The number of nitrogens with zero attached hydrogens (tertiary/aromatic N) is 5. The van der Waals surface area contributed by atoms with Crippen LogP contribution >= 0.6 is 0 Å². The van der Waals surface area contributed by atoms with Crippen LogP contribution in [-0.2, 0) is 17.1 Å². The van der Waals surface area contributed by atoms with Gasteiger partial charge in [0.2, 0.25) is 0 Å². The van der Waals surface area contributed by atoms with E-state index in [1.165, 1.54) is 10.8 Å². The summed E-state index contributed by atoms with van der Waals surface area (Å²) in [4.78, 5) is 23.2. The Bertz CT molecular complexity index is 2250. The number of rotatable bonds is 8. The van der Waals surface area contributed by atoms with Crippen molar-refractivity contribution in [3.8, 4) is 28.1 Å². The molecule has 1 aliphatic heterocycles. The Morgan fingerprint density at radius 2 is 1.55 bits per heavy atom. The summed E-state index contributed by atoms with van der Waals surface area (Å²) in [6.07, 6.45) is 3.22. The van der Waals surface area contributed by atoms with Crippen molar-refractivity contribution in [3.05, 3.63) is 113 Å². The molecule has 1 fully saturated rings. The Kier molecular flexibility index (Phi) is 8.17. The van der Waals surface area contributed by atoms with Crippen molar-refractivity contribution in [2.45, 2.75) is 11.8 Å². The summed E-state index contributed by atoms with van der Waals surface area (Å²) >= 11 is 0. The predicted molar refractivity (Wildman–Crippen MR) is 187 cm³/mol. The lowest BCUT2D eigenvalue weighted by atomic mass is 10.0. The van der Waals surface area contributed by atoms with Gasteiger partial charge in [-0.2, -0.15) is 0 Å². The molecule has 0 aliphatic carbocycles. The summed E-state index contributed by atoms with van der Waals surface area (Å²) in [5.41, 5.74) is 4.99. The third-order valence-electron chi connectivity index (χ3n) is 8.99. The van der Waals surface area contributed by atoms with Gasteiger partial charge >= 0.3 is 0 Å². The topological polar surface area (TPSA) is 89.7 Å². The number of piperazine rings is 1. The van der Waals surface area contributed by atoms with Crippen LogP contribution in [-0.4, -0.2) is 78.1 Å². The van der Waals surface area contributed by atoms with E-state index in [9.17, 15) is 13.2 Å². The molecule has 0 radical (unpaired) electrons. The number of benzene rings is 3. The van der Waals surface area contributed by atoms with Gasteiger partial charge in [-0.15, -0.1) is 0 Å². The zero-order valence-electron chi connectivity index (χ0n) is 26.8. The normalized spacial score (nSPS) is 14.6. The van der Waals surface area contributed by atoms with Gasteiger partial charge in [-0.1, -0.05) is 29.8 Å². The van der Waals surface area contributed by atoms with Gasteiger partial charge in [0.05, 0.1) is 16.1 Å². The maximum atomic E-state index is 13.6. The van der Waals surface area contributed by atoms with Crippen LogP contribution < -0.4 is 10.3 Å². The van der Waals surface area contributed by atoms with Crippen LogP contribution in [0, 0.1) is 6.92 Å². The average Bonchev–Trinajstić information content (AvgIpc) is 3.54. The molecule has 1 aliphatic rings. The van der Waals surface area contributed by atoms with Gasteiger partial charge in [-0.3, -0.25) is 9.69 Å². The highest BCUT2D eigenvalue weighted by Crippen LogP contribution is 2.32. The first-order valence-electron chi connectivity index (χ1n) is 15.8. The molecule has 10 heteroatoms. The molecule has 6 aromatic rings. The number of likely N-dealkylation sites (N-methyl/N-ethyl adjacent to an activating group) is 1. The summed E-state index contributed by atoms with van der Waals surface area (Å²) < 4.78 is 35.7. The Morgan fingerprint density at radius 1 is 0.830 bits per heavy atom. The molecule has 9 nitrogen and oxygen atoms in total. The third kappa shape index (κ3) is 6.07. The molecule has 1 saturated heterocycles. The quantitative estimate of drug-likeness (QED) is 0.219. The van der Waals surface area contributed by atoms with Crippen LogP contribution in [0.5, 0.6) is 5.75 Å². The Morgan fingerprint density at radius 3 is 2.30 bits per heavy atom. The lowest BCUT2D eigenvalue weighted by Gasteiger charge is -2.32. The summed E-state index contributed by atoms with van der Waals surface area (Å²) in [6.45, 7) is 7.84. The van der Waals surface area contributed by atoms with E-state index in [-0.39, 0.29) is 16.0 Å². The van der Waals surface area contributed by atoms with E-state index < -0.39 is 10.0 Å². The Hall–Kier alpha value is -4.77. The molecule has 0 N–H and O–H groups in total. The van der Waals surface area contributed by atoms with E-state index >= 15 is 0 Å². The lowest BCUT2D eigenvalue weighted by molar-refractivity contribution is 0.134. The minimum absolute atomic E-state index is 0.117. The molecule has 0 spiro atoms. The van der Waals surface area contributed by atoms with E-state index in [4.69, 9.17) is 9.72 Å². The van der Waals surface area contributed by atoms with Crippen LogP contribution in [0.2, 0.25) is 0 Å². The number of hydrogen-bond acceptors (Lipinski definition) is 7. The largest absolute Gasteiger partial charge is 0.492 e. The number of fused-ring (bicyclic) bond motifs is 2. The first kappa shape index (κ1) is 30.9. The van der Waals surface area contributed by atoms with Gasteiger partial charge in [-0.25, -0.2) is 17.4 Å². The second kappa shape index (κ2) is 12.4. The summed E-state index contributed by atoms with van der Waals surface area (Å²) in [6, 6.07) is 26.3. The van der Waals surface area contributed by atoms with Crippen molar-refractivity contribution in [3.63, 3.8) is 0 Å². The van der Waals surface area contributed by atoms with Gasteiger partial charge in [0.15, 0.2) is 0 Å². The minimum Gasteiger partial charge on any atom is -0.492 e. The van der Waals surface area contributed by atoms with Crippen molar-refractivity contribution in [1.29, 1.82) is 0 Å². The van der Waals surface area contributed by atoms with Crippen LogP contribution in [0.15, 0.2) is 107 Å². The maximum absolute atomic E-state index is 13.6. The van der Waals surface area contributed by atoms with E-state index in [1.54, 1.807) is 43.6 Å². The maximum Gasteiger partial charge on any atom is 0.275 e. The monoisotopic (exact) mass is 647 g/mol. The number of aryl methyl sites for hydroxylation is 2. The van der Waals surface area contributed by atoms with Gasteiger partial charge in [0.25, 0.3) is 15.6 Å². The smallest absolute Gasteiger partial charge is 0.275 e. The minimum atomic E-state index is -3.97. The van der Waals surface area contributed by atoms with Crippen LogP contribution in [0.25, 0.3) is 44.2 Å². The lowest BCUT2D eigenvalue weighted by Crippen LogP contribution is -2.45. The molecule has 0 amide bonds. The zero-order chi connectivity index (χ0) is 32.7. The van der Waals surface area contributed by atoms with E-state index in [1.807, 2.05) is 61.5 Å². The second-order valence-electron chi connectivity index (χ2n) is 12.3. The summed E-state index contributed by atoms with van der Waals surface area (Å²) in [5.74, 6) is 0.845. The molecule has 0 bridgehead atoms. The van der Waals surface area contributed by atoms with Crippen molar-refractivity contribution in [2.75, 3.05) is 46.4 Å². The molecule has 47 heavy (non-hydrogen) atoms.